The summed E-state index contributed by atoms with van der Waals surface area (Å²) in [4.78, 5) is 9.05. The predicted octanol–water partition coefficient (Wildman–Crippen LogP) is 4.41. The number of anilines is 3. The van der Waals surface area contributed by atoms with Gasteiger partial charge in [0.05, 0.1) is 12.7 Å². The van der Waals surface area contributed by atoms with E-state index in [1.165, 1.54) is 11.8 Å². The first-order valence-electron chi connectivity index (χ1n) is 10.6. The third-order valence-corrected chi connectivity index (χ3v) is 4.71. The molecule has 11 heteroatoms. The van der Waals surface area contributed by atoms with Gasteiger partial charge in [0.1, 0.15) is 24.2 Å². The molecule has 0 unspecified atom stereocenters. The number of rotatable bonds is 10. The maximum Gasteiger partial charge on any atom is 0.188 e. The SMILES string of the molecule is CCCOCNc1nc(CN)nc(Nc2c(C)cc(C)cc2C)c1N=Nc1[nH]ncc1C#N. The number of aromatic amines is 1. The van der Waals surface area contributed by atoms with Gasteiger partial charge in [0.2, 0.25) is 0 Å². The fourth-order valence-electron chi connectivity index (χ4n) is 3.27. The largest absolute Gasteiger partial charge is 0.361 e. The van der Waals surface area contributed by atoms with Crippen molar-refractivity contribution >= 4 is 28.8 Å². The Morgan fingerprint density at radius 3 is 2.55 bits per heavy atom. The number of nitrogens with two attached hydrogens (primary N) is 1. The molecule has 0 atom stereocenters. The molecule has 0 radical (unpaired) electrons. The number of hydrogen-bond donors (Lipinski definition) is 4. The summed E-state index contributed by atoms with van der Waals surface area (Å²) in [7, 11) is 0. The van der Waals surface area contributed by atoms with Crippen LogP contribution in [-0.4, -0.2) is 33.5 Å². The summed E-state index contributed by atoms with van der Waals surface area (Å²) < 4.78 is 5.56. The maximum absolute atomic E-state index is 9.24. The van der Waals surface area contributed by atoms with E-state index in [9.17, 15) is 5.26 Å². The number of hydrogen-bond acceptors (Lipinski definition) is 10. The number of nitrogens with zero attached hydrogens (tertiary/aromatic N) is 6. The molecule has 3 rings (SSSR count). The van der Waals surface area contributed by atoms with Crippen molar-refractivity contribution in [2.45, 2.75) is 40.7 Å². The molecular formula is C22H28N10O. The molecule has 0 saturated heterocycles. The Hall–Kier alpha value is -3.88. The topological polar surface area (TPSA) is 162 Å². The molecule has 172 valence electrons. The van der Waals surface area contributed by atoms with Gasteiger partial charge in [-0.15, -0.1) is 10.2 Å². The van der Waals surface area contributed by atoms with E-state index in [-0.39, 0.29) is 24.7 Å². The maximum atomic E-state index is 9.24. The van der Waals surface area contributed by atoms with Crippen LogP contribution in [-0.2, 0) is 11.3 Å². The summed E-state index contributed by atoms with van der Waals surface area (Å²) in [6.45, 7) is 9.10. The van der Waals surface area contributed by atoms with Gasteiger partial charge in [0.25, 0.3) is 0 Å². The summed E-state index contributed by atoms with van der Waals surface area (Å²) in [5.41, 5.74) is 10.7. The lowest BCUT2D eigenvalue weighted by Crippen LogP contribution is -2.13. The highest BCUT2D eigenvalue weighted by Gasteiger charge is 2.17. The molecule has 0 bridgehead atoms. The Kier molecular flexibility index (Phi) is 8.01. The summed E-state index contributed by atoms with van der Waals surface area (Å²) in [6, 6.07) is 6.19. The molecule has 0 saturated carbocycles. The van der Waals surface area contributed by atoms with Crippen LogP contribution in [0, 0.1) is 32.1 Å². The van der Waals surface area contributed by atoms with Gasteiger partial charge in [-0.25, -0.2) is 9.97 Å². The molecule has 2 heterocycles. The van der Waals surface area contributed by atoms with E-state index in [4.69, 9.17) is 10.5 Å². The Bertz CT molecular complexity index is 1160. The molecule has 5 N–H and O–H groups in total. The number of H-pyrrole nitrogens is 1. The van der Waals surface area contributed by atoms with Gasteiger partial charge >= 0.3 is 0 Å². The second-order valence-corrected chi connectivity index (χ2v) is 7.46. The highest BCUT2D eigenvalue weighted by atomic mass is 16.5. The molecule has 0 aliphatic heterocycles. The average Bonchev–Trinajstić information content (AvgIpc) is 3.25. The molecule has 3 aromatic rings. The van der Waals surface area contributed by atoms with Gasteiger partial charge < -0.3 is 21.1 Å². The fourth-order valence-corrected chi connectivity index (χ4v) is 3.27. The monoisotopic (exact) mass is 448 g/mol. The minimum Gasteiger partial charge on any atom is -0.361 e. The van der Waals surface area contributed by atoms with Crippen molar-refractivity contribution in [2.75, 3.05) is 24.0 Å². The van der Waals surface area contributed by atoms with E-state index in [2.05, 4.69) is 60.1 Å². The lowest BCUT2D eigenvalue weighted by molar-refractivity contribution is 0.152. The van der Waals surface area contributed by atoms with E-state index in [0.717, 1.165) is 23.2 Å². The Morgan fingerprint density at radius 1 is 1.15 bits per heavy atom. The zero-order valence-electron chi connectivity index (χ0n) is 19.2. The van der Waals surface area contributed by atoms with Crippen LogP contribution in [0.3, 0.4) is 0 Å². The van der Waals surface area contributed by atoms with Crippen LogP contribution in [0.15, 0.2) is 28.6 Å². The normalized spacial score (nSPS) is 11.0. The van der Waals surface area contributed by atoms with E-state index in [1.807, 2.05) is 26.8 Å². The third kappa shape index (κ3) is 5.88. The van der Waals surface area contributed by atoms with Crippen molar-refractivity contribution < 1.29 is 4.74 Å². The predicted molar refractivity (Wildman–Crippen MR) is 126 cm³/mol. The minimum atomic E-state index is 0.140. The lowest BCUT2D eigenvalue weighted by atomic mass is 10.1. The van der Waals surface area contributed by atoms with Crippen molar-refractivity contribution in [2.24, 2.45) is 16.0 Å². The molecule has 33 heavy (non-hydrogen) atoms. The number of aromatic nitrogens is 4. The Morgan fingerprint density at radius 2 is 1.88 bits per heavy atom. The summed E-state index contributed by atoms with van der Waals surface area (Å²) in [5.74, 6) is 1.51. The summed E-state index contributed by atoms with van der Waals surface area (Å²) in [6.07, 6.45) is 2.28. The van der Waals surface area contributed by atoms with Crippen LogP contribution in [0.1, 0.15) is 41.4 Å². The van der Waals surface area contributed by atoms with Crippen molar-refractivity contribution in [1.82, 2.24) is 20.2 Å². The first kappa shape index (κ1) is 23.8. The Labute approximate surface area is 192 Å². The zero-order valence-corrected chi connectivity index (χ0v) is 19.2. The van der Waals surface area contributed by atoms with Crippen LogP contribution in [0.25, 0.3) is 0 Å². The molecular weight excluding hydrogens is 420 g/mol. The van der Waals surface area contributed by atoms with Gasteiger partial charge in [-0.05, 0) is 38.3 Å². The lowest BCUT2D eigenvalue weighted by Gasteiger charge is -2.17. The molecule has 0 amide bonds. The standard InChI is InChI=1S/C22H28N10O/c1-5-6-33-12-25-21-19(30-32-20-16(9-23)11-26-31-20)22(28-17(10-24)27-21)29-18-14(3)7-13(2)8-15(18)4/h7-8,11H,5-6,10,12,24H2,1-4H3,(H,26,31)(H2,25,27,28,29). The molecule has 0 spiro atoms. The van der Waals surface area contributed by atoms with Crippen LogP contribution in [0.2, 0.25) is 0 Å². The van der Waals surface area contributed by atoms with Gasteiger partial charge in [0, 0.05) is 12.3 Å². The zero-order chi connectivity index (χ0) is 23.8. The smallest absolute Gasteiger partial charge is 0.188 e. The number of ether oxygens (including phenoxy) is 1. The van der Waals surface area contributed by atoms with Crippen LogP contribution >= 0.6 is 0 Å². The van der Waals surface area contributed by atoms with E-state index in [1.54, 1.807) is 0 Å². The van der Waals surface area contributed by atoms with Crippen molar-refractivity contribution in [3.8, 4) is 6.07 Å². The first-order chi connectivity index (χ1) is 16.0. The molecule has 1 aromatic carbocycles. The molecule has 0 aliphatic rings. The quantitative estimate of drug-likeness (QED) is 0.201. The van der Waals surface area contributed by atoms with Gasteiger partial charge in [-0.2, -0.15) is 10.4 Å². The highest BCUT2D eigenvalue weighted by Crippen LogP contribution is 2.36. The van der Waals surface area contributed by atoms with E-state index < -0.39 is 0 Å². The average molecular weight is 449 g/mol. The van der Waals surface area contributed by atoms with Crippen molar-refractivity contribution in [1.29, 1.82) is 5.26 Å². The summed E-state index contributed by atoms with van der Waals surface area (Å²) >= 11 is 0. The first-order valence-corrected chi connectivity index (χ1v) is 10.6. The minimum absolute atomic E-state index is 0.140. The molecule has 0 aliphatic carbocycles. The second-order valence-electron chi connectivity index (χ2n) is 7.46. The number of aryl methyl sites for hydroxylation is 3. The fraction of sp³-hybridized carbons (Fsp3) is 0.364. The van der Waals surface area contributed by atoms with Crippen LogP contribution < -0.4 is 16.4 Å². The Balaban J connectivity index is 2.08. The van der Waals surface area contributed by atoms with Crippen molar-refractivity contribution in [3.63, 3.8) is 0 Å². The van der Waals surface area contributed by atoms with Gasteiger partial charge in [0.15, 0.2) is 23.1 Å². The van der Waals surface area contributed by atoms with E-state index in [0.29, 0.717) is 29.8 Å². The van der Waals surface area contributed by atoms with Crippen molar-refractivity contribution in [3.05, 3.63) is 46.4 Å². The highest BCUT2D eigenvalue weighted by molar-refractivity contribution is 5.79. The number of nitriles is 1. The third-order valence-electron chi connectivity index (χ3n) is 4.71. The summed E-state index contributed by atoms with van der Waals surface area (Å²) in [5, 5.41) is 30.8. The second kappa shape index (κ2) is 11.1. The molecule has 0 fully saturated rings. The van der Waals surface area contributed by atoms with Gasteiger partial charge in [-0.1, -0.05) is 24.6 Å². The van der Waals surface area contributed by atoms with Crippen LogP contribution in [0.4, 0.5) is 28.8 Å². The van der Waals surface area contributed by atoms with Crippen LogP contribution in [0.5, 0.6) is 0 Å². The molecule has 11 nitrogen and oxygen atoms in total. The number of benzene rings is 1. The number of nitrogens with one attached hydrogen (secondary N) is 3. The number of azo groups is 1. The van der Waals surface area contributed by atoms with Gasteiger partial charge in [-0.3, -0.25) is 5.10 Å². The van der Waals surface area contributed by atoms with E-state index >= 15 is 0 Å². The molecule has 2 aromatic heterocycles.